The molecule has 10 heteroatoms. The zero-order chi connectivity index (χ0) is 16.2. The van der Waals surface area contributed by atoms with E-state index in [9.17, 15) is 26.7 Å². The SMILES string of the molecule is COC(=O)Cc1c(OC(F)(F)F)cnc(OC)c1C(F)F. The molecule has 0 aliphatic rings. The van der Waals surface area contributed by atoms with Crippen molar-refractivity contribution in [3.05, 3.63) is 17.3 Å². The van der Waals surface area contributed by atoms with E-state index in [2.05, 4.69) is 19.2 Å². The predicted octanol–water partition coefficient (Wildman–Crippen LogP) is 2.64. The number of hydrogen-bond acceptors (Lipinski definition) is 5. The Bertz CT molecular complexity index is 518. The number of nitrogens with zero attached hydrogens (tertiary/aromatic N) is 1. The Labute approximate surface area is 115 Å². The molecule has 1 rings (SSSR count). The molecule has 21 heavy (non-hydrogen) atoms. The van der Waals surface area contributed by atoms with E-state index >= 15 is 0 Å². The molecule has 0 radical (unpaired) electrons. The van der Waals surface area contributed by atoms with Crippen LogP contribution in [0.25, 0.3) is 0 Å². The number of aromatic nitrogens is 1. The molecule has 1 heterocycles. The smallest absolute Gasteiger partial charge is 0.481 e. The maximum Gasteiger partial charge on any atom is 0.573 e. The quantitative estimate of drug-likeness (QED) is 0.617. The summed E-state index contributed by atoms with van der Waals surface area (Å²) in [4.78, 5) is 14.5. The van der Waals surface area contributed by atoms with Crippen molar-refractivity contribution in [2.45, 2.75) is 19.2 Å². The number of pyridine rings is 1. The molecule has 0 aromatic carbocycles. The van der Waals surface area contributed by atoms with Gasteiger partial charge < -0.3 is 14.2 Å². The lowest BCUT2D eigenvalue weighted by Gasteiger charge is -2.17. The largest absolute Gasteiger partial charge is 0.573 e. The molecule has 1 aromatic heterocycles. The number of alkyl halides is 5. The molecule has 0 aliphatic heterocycles. The summed E-state index contributed by atoms with van der Waals surface area (Å²) in [5.41, 5.74) is -1.65. The predicted molar refractivity (Wildman–Crippen MR) is 58.1 cm³/mol. The standard InChI is InChI=1S/C11H10F5NO4/c1-19-7(18)3-5-6(21-11(14,15)16)4-17-10(20-2)8(5)9(12)13/h4,9H,3H2,1-2H3. The number of methoxy groups -OCH3 is 2. The zero-order valence-electron chi connectivity index (χ0n) is 10.8. The molecule has 0 saturated heterocycles. The summed E-state index contributed by atoms with van der Waals surface area (Å²) in [6, 6.07) is 0. The average Bonchev–Trinajstić information content (AvgIpc) is 2.38. The summed E-state index contributed by atoms with van der Waals surface area (Å²) in [5, 5.41) is 0. The first-order chi connectivity index (χ1) is 9.69. The normalized spacial score (nSPS) is 11.4. The summed E-state index contributed by atoms with van der Waals surface area (Å²) in [5.74, 6) is -2.63. The van der Waals surface area contributed by atoms with Gasteiger partial charge in [0.15, 0.2) is 5.75 Å². The third kappa shape index (κ3) is 4.43. The maximum atomic E-state index is 13.0. The molecule has 0 unspecified atom stereocenters. The highest BCUT2D eigenvalue weighted by Crippen LogP contribution is 2.37. The van der Waals surface area contributed by atoms with Crippen molar-refractivity contribution in [1.29, 1.82) is 0 Å². The number of carbonyl (C=O) groups is 1. The van der Waals surface area contributed by atoms with Crippen molar-refractivity contribution in [2.75, 3.05) is 14.2 Å². The minimum Gasteiger partial charge on any atom is -0.481 e. The van der Waals surface area contributed by atoms with Gasteiger partial charge in [-0.05, 0) is 0 Å². The first-order valence-electron chi connectivity index (χ1n) is 5.36. The van der Waals surface area contributed by atoms with Crippen LogP contribution in [0.1, 0.15) is 17.6 Å². The summed E-state index contributed by atoms with van der Waals surface area (Å²) in [6.07, 6.45) is -8.64. The highest BCUT2D eigenvalue weighted by atomic mass is 19.4. The first-order valence-corrected chi connectivity index (χ1v) is 5.36. The lowest BCUT2D eigenvalue weighted by Crippen LogP contribution is -2.20. The summed E-state index contributed by atoms with van der Waals surface area (Å²) < 4.78 is 75.3. The molecule has 0 N–H and O–H groups in total. The van der Waals surface area contributed by atoms with Gasteiger partial charge in [-0.25, -0.2) is 13.8 Å². The zero-order valence-corrected chi connectivity index (χ0v) is 10.8. The van der Waals surface area contributed by atoms with Gasteiger partial charge in [0.2, 0.25) is 5.88 Å². The molecule has 0 bridgehead atoms. The molecular formula is C11H10F5NO4. The number of hydrogen-bond donors (Lipinski definition) is 0. The monoisotopic (exact) mass is 315 g/mol. The van der Waals surface area contributed by atoms with Crippen molar-refractivity contribution in [3.63, 3.8) is 0 Å². The van der Waals surface area contributed by atoms with Gasteiger partial charge in [0.05, 0.1) is 32.4 Å². The Morgan fingerprint density at radius 1 is 1.33 bits per heavy atom. The first kappa shape index (κ1) is 16.9. The second-order valence-corrected chi connectivity index (χ2v) is 3.63. The molecule has 0 saturated carbocycles. The highest BCUT2D eigenvalue weighted by Gasteiger charge is 2.35. The molecule has 0 spiro atoms. The van der Waals surface area contributed by atoms with Crippen molar-refractivity contribution >= 4 is 5.97 Å². The number of ether oxygens (including phenoxy) is 3. The van der Waals surface area contributed by atoms with E-state index in [-0.39, 0.29) is 0 Å². The van der Waals surface area contributed by atoms with Crippen LogP contribution >= 0.6 is 0 Å². The minimum atomic E-state index is -5.12. The van der Waals surface area contributed by atoms with Crippen molar-refractivity contribution in [1.82, 2.24) is 4.98 Å². The Morgan fingerprint density at radius 3 is 2.38 bits per heavy atom. The molecule has 1 aromatic rings. The molecule has 118 valence electrons. The van der Waals surface area contributed by atoms with Crippen LogP contribution in [-0.4, -0.2) is 31.5 Å². The van der Waals surface area contributed by atoms with Crippen molar-refractivity contribution in [3.8, 4) is 11.6 Å². The fourth-order valence-corrected chi connectivity index (χ4v) is 1.53. The van der Waals surface area contributed by atoms with E-state index in [0.717, 1.165) is 14.2 Å². The maximum absolute atomic E-state index is 13.0. The lowest BCUT2D eigenvalue weighted by atomic mass is 10.1. The van der Waals surface area contributed by atoms with Crippen LogP contribution in [0.15, 0.2) is 6.20 Å². The average molecular weight is 315 g/mol. The second-order valence-electron chi connectivity index (χ2n) is 3.63. The number of rotatable bonds is 5. The van der Waals surface area contributed by atoms with E-state index in [1.807, 2.05) is 0 Å². The molecule has 0 atom stereocenters. The van der Waals surface area contributed by atoms with Crippen molar-refractivity contribution < 1.29 is 41.0 Å². The molecule has 0 amide bonds. The van der Waals surface area contributed by atoms with E-state index in [4.69, 9.17) is 0 Å². The fourth-order valence-electron chi connectivity index (χ4n) is 1.53. The second kappa shape index (κ2) is 6.55. The van der Waals surface area contributed by atoms with Crippen LogP contribution in [0.5, 0.6) is 11.6 Å². The lowest BCUT2D eigenvalue weighted by molar-refractivity contribution is -0.275. The fraction of sp³-hybridized carbons (Fsp3) is 0.455. The van der Waals surface area contributed by atoms with Crippen LogP contribution in [0, 0.1) is 0 Å². The Hall–Kier alpha value is -2.13. The Balaban J connectivity index is 3.42. The van der Waals surface area contributed by atoms with Gasteiger partial charge in [-0.2, -0.15) is 0 Å². The third-order valence-corrected chi connectivity index (χ3v) is 2.34. The van der Waals surface area contributed by atoms with Crippen LogP contribution in [0.4, 0.5) is 22.0 Å². The van der Waals surface area contributed by atoms with E-state index < -0.39 is 47.9 Å². The van der Waals surface area contributed by atoms with Gasteiger partial charge in [-0.15, -0.1) is 13.2 Å². The van der Waals surface area contributed by atoms with E-state index in [1.54, 1.807) is 0 Å². The van der Waals surface area contributed by atoms with Crippen LogP contribution in [0.2, 0.25) is 0 Å². The minimum absolute atomic E-state index is 0.552. The third-order valence-electron chi connectivity index (χ3n) is 2.34. The molecule has 0 aliphatic carbocycles. The van der Waals surface area contributed by atoms with Crippen molar-refractivity contribution in [2.24, 2.45) is 0 Å². The van der Waals surface area contributed by atoms with Crippen LogP contribution in [0.3, 0.4) is 0 Å². The van der Waals surface area contributed by atoms with Gasteiger partial charge in [0.25, 0.3) is 6.43 Å². The van der Waals surface area contributed by atoms with Gasteiger partial charge >= 0.3 is 12.3 Å². The molecule has 0 fully saturated rings. The Morgan fingerprint density at radius 2 is 1.95 bits per heavy atom. The van der Waals surface area contributed by atoms with Gasteiger partial charge in [0, 0.05) is 5.56 Å². The number of carbonyl (C=O) groups excluding carboxylic acids is 1. The summed E-state index contributed by atoms with van der Waals surface area (Å²) in [6.45, 7) is 0. The van der Waals surface area contributed by atoms with Gasteiger partial charge in [-0.3, -0.25) is 4.79 Å². The molecule has 5 nitrogen and oxygen atoms in total. The highest BCUT2D eigenvalue weighted by molar-refractivity contribution is 5.74. The molecular weight excluding hydrogens is 305 g/mol. The van der Waals surface area contributed by atoms with Gasteiger partial charge in [0.1, 0.15) is 0 Å². The summed E-state index contributed by atoms with van der Waals surface area (Å²) >= 11 is 0. The van der Waals surface area contributed by atoms with Crippen LogP contribution in [-0.2, 0) is 16.0 Å². The van der Waals surface area contributed by atoms with E-state index in [1.165, 1.54) is 0 Å². The van der Waals surface area contributed by atoms with Gasteiger partial charge in [-0.1, -0.05) is 0 Å². The number of esters is 1. The topological polar surface area (TPSA) is 57.7 Å². The van der Waals surface area contributed by atoms with E-state index in [0.29, 0.717) is 6.20 Å². The Kier molecular flexibility index (Phi) is 5.28. The van der Waals surface area contributed by atoms with Crippen LogP contribution < -0.4 is 9.47 Å². The number of halogens is 5. The summed E-state index contributed by atoms with van der Waals surface area (Å²) in [7, 11) is 1.98.